The summed E-state index contributed by atoms with van der Waals surface area (Å²) in [6, 6.07) is 20.5. The number of rotatable bonds is 7. The molecule has 10 heteroatoms. The Morgan fingerprint density at radius 3 is 2.56 bits per heavy atom. The van der Waals surface area contributed by atoms with Gasteiger partial charge in [-0.25, -0.2) is 9.78 Å². The van der Waals surface area contributed by atoms with Gasteiger partial charge in [-0.15, -0.1) is 5.10 Å². The molecule has 0 atom stereocenters. The van der Waals surface area contributed by atoms with Crippen LogP contribution in [0.5, 0.6) is 0 Å². The smallest absolute Gasteiger partial charge is 0.342 e. The highest BCUT2D eigenvalue weighted by Gasteiger charge is 2.16. The van der Waals surface area contributed by atoms with Gasteiger partial charge in [-0.3, -0.25) is 5.10 Å². The van der Waals surface area contributed by atoms with Gasteiger partial charge in [0.25, 0.3) is 0 Å². The minimum absolute atomic E-state index is 0.0918. The summed E-state index contributed by atoms with van der Waals surface area (Å²) in [5.41, 5.74) is 3.51. The Labute approximate surface area is 225 Å². The van der Waals surface area contributed by atoms with E-state index in [-0.39, 0.29) is 4.91 Å². The zero-order valence-electron chi connectivity index (χ0n) is 18.5. The normalized spacial score (nSPS) is 11.8. The molecule has 0 amide bonds. The van der Waals surface area contributed by atoms with Crippen LogP contribution in [0.3, 0.4) is 0 Å². The second-order valence-corrected chi connectivity index (χ2v) is 10.1. The minimum Gasteiger partial charge on any atom is -0.477 e. The number of benzene rings is 3. The SMILES string of the molecule is O=C(O)/C(=C/c1cn(Cc2ccc(Cl)c(Cl)c2)c2ccccc12)Sc1n[nH]c(-c2ccc(Cl)cc2)n1. The lowest BCUT2D eigenvalue weighted by atomic mass is 10.1. The number of aliphatic carboxylic acids is 1. The lowest BCUT2D eigenvalue weighted by molar-refractivity contribution is -0.131. The third-order valence-electron chi connectivity index (χ3n) is 5.44. The highest BCUT2D eigenvalue weighted by atomic mass is 35.5. The molecule has 0 saturated carbocycles. The van der Waals surface area contributed by atoms with E-state index >= 15 is 0 Å². The molecule has 0 unspecified atom stereocenters. The molecular formula is C26H17Cl3N4O2S. The Balaban J connectivity index is 1.47. The van der Waals surface area contributed by atoms with E-state index in [1.54, 1.807) is 24.3 Å². The maximum absolute atomic E-state index is 12.1. The maximum Gasteiger partial charge on any atom is 0.342 e. The second-order valence-electron chi connectivity index (χ2n) is 7.87. The molecule has 0 radical (unpaired) electrons. The number of nitrogens with zero attached hydrogens (tertiary/aromatic N) is 3. The summed E-state index contributed by atoms with van der Waals surface area (Å²) in [6.07, 6.45) is 3.56. The van der Waals surface area contributed by atoms with Crippen LogP contribution in [0.1, 0.15) is 11.1 Å². The first kappa shape index (κ1) is 24.5. The maximum atomic E-state index is 12.1. The van der Waals surface area contributed by atoms with Crippen LogP contribution in [0.25, 0.3) is 28.4 Å². The molecule has 3 aromatic carbocycles. The van der Waals surface area contributed by atoms with E-state index in [2.05, 4.69) is 19.7 Å². The minimum atomic E-state index is -1.07. The third-order valence-corrected chi connectivity index (χ3v) is 7.31. The fraction of sp³-hybridized carbons (Fsp3) is 0.0385. The van der Waals surface area contributed by atoms with E-state index in [1.165, 1.54) is 0 Å². The van der Waals surface area contributed by atoms with Crippen LogP contribution in [0, 0.1) is 0 Å². The summed E-state index contributed by atoms with van der Waals surface area (Å²) in [4.78, 5) is 16.6. The summed E-state index contributed by atoms with van der Waals surface area (Å²) < 4.78 is 2.05. The van der Waals surface area contributed by atoms with Gasteiger partial charge < -0.3 is 9.67 Å². The van der Waals surface area contributed by atoms with Crippen molar-refractivity contribution in [3.8, 4) is 11.4 Å². The molecule has 0 fully saturated rings. The van der Waals surface area contributed by atoms with Crippen molar-refractivity contribution < 1.29 is 9.90 Å². The molecule has 0 aliphatic rings. The lowest BCUT2D eigenvalue weighted by Crippen LogP contribution is -1.98. The van der Waals surface area contributed by atoms with Crippen LogP contribution in [-0.4, -0.2) is 30.8 Å². The molecule has 36 heavy (non-hydrogen) atoms. The number of carboxylic acids is 1. The first-order chi connectivity index (χ1) is 17.4. The van der Waals surface area contributed by atoms with E-state index in [0.29, 0.717) is 32.6 Å². The van der Waals surface area contributed by atoms with Crippen LogP contribution in [0.15, 0.2) is 83.0 Å². The average Bonchev–Trinajstić information content (AvgIpc) is 3.47. The predicted molar refractivity (Wildman–Crippen MR) is 146 cm³/mol. The van der Waals surface area contributed by atoms with Gasteiger partial charge in [-0.05, 0) is 65.9 Å². The average molecular weight is 556 g/mol. The van der Waals surface area contributed by atoms with E-state index in [4.69, 9.17) is 34.8 Å². The monoisotopic (exact) mass is 554 g/mol. The van der Waals surface area contributed by atoms with Gasteiger partial charge in [0.15, 0.2) is 5.82 Å². The van der Waals surface area contributed by atoms with Crippen molar-refractivity contribution in [2.24, 2.45) is 0 Å². The van der Waals surface area contributed by atoms with Crippen LogP contribution >= 0.6 is 46.6 Å². The number of aromatic amines is 1. The molecule has 2 N–H and O–H groups in total. The number of aromatic nitrogens is 4. The van der Waals surface area contributed by atoms with Crippen molar-refractivity contribution in [1.82, 2.24) is 19.7 Å². The number of hydrogen-bond acceptors (Lipinski definition) is 4. The zero-order chi connectivity index (χ0) is 25.2. The first-order valence-corrected chi connectivity index (χ1v) is 12.7. The van der Waals surface area contributed by atoms with E-state index in [1.807, 2.05) is 54.7 Å². The second kappa shape index (κ2) is 10.4. The molecule has 5 rings (SSSR count). The Kier molecular flexibility index (Phi) is 7.07. The summed E-state index contributed by atoms with van der Waals surface area (Å²) >= 11 is 19.2. The summed E-state index contributed by atoms with van der Waals surface area (Å²) in [7, 11) is 0. The highest BCUT2D eigenvalue weighted by Crippen LogP contribution is 2.31. The Bertz CT molecular complexity index is 1610. The number of thioether (sulfide) groups is 1. The summed E-state index contributed by atoms with van der Waals surface area (Å²) in [6.45, 7) is 0.548. The largest absolute Gasteiger partial charge is 0.477 e. The van der Waals surface area contributed by atoms with Gasteiger partial charge in [0.1, 0.15) is 4.91 Å². The topological polar surface area (TPSA) is 83.8 Å². The van der Waals surface area contributed by atoms with Crippen molar-refractivity contribution in [1.29, 1.82) is 0 Å². The number of carboxylic acid groups (broad SMARTS) is 1. The fourth-order valence-corrected chi connectivity index (χ4v) is 4.90. The van der Waals surface area contributed by atoms with E-state index in [9.17, 15) is 9.90 Å². The fourth-order valence-electron chi connectivity index (χ4n) is 3.76. The standard InChI is InChI=1S/C26H17Cl3N4O2S/c27-18-8-6-16(7-9-18)24-30-26(32-31-24)36-23(25(34)35)12-17-14-33(22-4-2-1-3-19(17)22)13-15-5-10-20(28)21(29)11-15/h1-12,14H,13H2,(H,34,35)(H,30,31,32)/b23-12-. The Morgan fingerprint density at radius 2 is 1.81 bits per heavy atom. The van der Waals surface area contributed by atoms with Crippen molar-refractivity contribution in [2.45, 2.75) is 11.7 Å². The summed E-state index contributed by atoms with van der Waals surface area (Å²) in [5.74, 6) is -0.545. The lowest BCUT2D eigenvalue weighted by Gasteiger charge is -2.06. The number of fused-ring (bicyclic) bond motifs is 1. The predicted octanol–water partition coefficient (Wildman–Crippen LogP) is 7.65. The molecule has 0 aliphatic heterocycles. The first-order valence-electron chi connectivity index (χ1n) is 10.7. The van der Waals surface area contributed by atoms with Crippen LogP contribution in [-0.2, 0) is 11.3 Å². The molecule has 5 aromatic rings. The van der Waals surface area contributed by atoms with Gasteiger partial charge in [-0.2, -0.15) is 0 Å². The van der Waals surface area contributed by atoms with Gasteiger partial charge in [0.2, 0.25) is 5.16 Å². The molecule has 0 spiro atoms. The van der Waals surface area contributed by atoms with Crippen LogP contribution in [0.4, 0.5) is 0 Å². The number of halogens is 3. The number of nitrogens with one attached hydrogen (secondary N) is 1. The number of hydrogen-bond donors (Lipinski definition) is 2. The Morgan fingerprint density at radius 1 is 1.03 bits per heavy atom. The van der Waals surface area contributed by atoms with Crippen molar-refractivity contribution in [3.05, 3.63) is 104 Å². The Hall–Kier alpha value is -3.23. The van der Waals surface area contributed by atoms with Gasteiger partial charge in [0.05, 0.1) is 10.0 Å². The quantitative estimate of drug-likeness (QED) is 0.159. The van der Waals surface area contributed by atoms with Crippen molar-refractivity contribution >= 4 is 69.5 Å². The summed E-state index contributed by atoms with van der Waals surface area (Å²) in [5, 5.41) is 19.8. The number of para-hydroxylation sites is 1. The molecule has 2 heterocycles. The molecule has 0 saturated heterocycles. The zero-order valence-corrected chi connectivity index (χ0v) is 21.5. The van der Waals surface area contributed by atoms with E-state index in [0.717, 1.165) is 39.4 Å². The van der Waals surface area contributed by atoms with Crippen molar-refractivity contribution in [2.75, 3.05) is 0 Å². The molecule has 180 valence electrons. The van der Waals surface area contributed by atoms with Crippen molar-refractivity contribution in [3.63, 3.8) is 0 Å². The molecule has 2 aromatic heterocycles. The third kappa shape index (κ3) is 5.29. The molecule has 0 aliphatic carbocycles. The molecular weight excluding hydrogens is 539 g/mol. The number of carbonyl (C=O) groups is 1. The van der Waals surface area contributed by atoms with Crippen LogP contribution < -0.4 is 0 Å². The highest BCUT2D eigenvalue weighted by molar-refractivity contribution is 8.04. The van der Waals surface area contributed by atoms with Crippen LogP contribution in [0.2, 0.25) is 15.1 Å². The van der Waals surface area contributed by atoms with Gasteiger partial charge >= 0.3 is 5.97 Å². The van der Waals surface area contributed by atoms with E-state index < -0.39 is 5.97 Å². The number of H-pyrrole nitrogens is 1. The van der Waals surface area contributed by atoms with Gasteiger partial charge in [-0.1, -0.05) is 59.1 Å². The molecule has 6 nitrogen and oxygen atoms in total. The molecule has 0 bridgehead atoms. The van der Waals surface area contributed by atoms with Gasteiger partial charge in [0, 0.05) is 39.8 Å².